The van der Waals surface area contributed by atoms with Crippen LogP contribution in [0, 0.1) is 6.92 Å². The molecule has 0 amide bonds. The van der Waals surface area contributed by atoms with Crippen molar-refractivity contribution in [2.24, 2.45) is 0 Å². The molecule has 20 heavy (non-hydrogen) atoms. The first kappa shape index (κ1) is 13.7. The van der Waals surface area contributed by atoms with Gasteiger partial charge in [0.2, 0.25) is 0 Å². The first-order valence-corrected chi connectivity index (χ1v) is 7.65. The maximum Gasteiger partial charge on any atom is 0.0486 e. The minimum absolute atomic E-state index is 0.248. The second kappa shape index (κ2) is 5.58. The van der Waals surface area contributed by atoms with E-state index in [9.17, 15) is 0 Å². The van der Waals surface area contributed by atoms with E-state index in [0.29, 0.717) is 6.04 Å². The van der Waals surface area contributed by atoms with Crippen LogP contribution in [0.15, 0.2) is 24.4 Å². The molecule has 0 radical (unpaired) electrons. The van der Waals surface area contributed by atoms with Crippen LogP contribution in [0.3, 0.4) is 0 Å². The molecule has 0 aliphatic heterocycles. The zero-order valence-electron chi connectivity index (χ0n) is 12.4. The Bertz CT molecular complexity index is 598. The van der Waals surface area contributed by atoms with Crippen LogP contribution in [0.2, 0.25) is 0 Å². The number of aromatic nitrogens is 1. The van der Waals surface area contributed by atoms with E-state index in [1.165, 1.54) is 34.9 Å². The Morgan fingerprint density at radius 1 is 1.40 bits per heavy atom. The van der Waals surface area contributed by atoms with Crippen LogP contribution >= 0.6 is 0 Å². The maximum absolute atomic E-state index is 9.03. The molecule has 108 valence electrons. The first-order chi connectivity index (χ1) is 9.69. The molecule has 1 aromatic carbocycles. The molecule has 3 heteroatoms. The Labute approximate surface area is 120 Å². The van der Waals surface area contributed by atoms with Gasteiger partial charge < -0.3 is 15.0 Å². The number of nitrogens with zero attached hydrogens (tertiary/aromatic N) is 1. The fourth-order valence-corrected chi connectivity index (χ4v) is 2.89. The predicted molar refractivity (Wildman–Crippen MR) is 83.0 cm³/mol. The van der Waals surface area contributed by atoms with Gasteiger partial charge in [-0.15, -0.1) is 0 Å². The number of rotatable bonds is 6. The maximum atomic E-state index is 9.03. The van der Waals surface area contributed by atoms with Crippen molar-refractivity contribution >= 4 is 10.9 Å². The lowest BCUT2D eigenvalue weighted by Gasteiger charge is -2.14. The van der Waals surface area contributed by atoms with E-state index in [-0.39, 0.29) is 6.61 Å². The molecular weight excluding hydrogens is 248 g/mol. The first-order valence-electron chi connectivity index (χ1n) is 7.65. The number of aryl methyl sites for hydroxylation is 2. The van der Waals surface area contributed by atoms with Gasteiger partial charge >= 0.3 is 0 Å². The lowest BCUT2D eigenvalue weighted by Crippen LogP contribution is -2.20. The largest absolute Gasteiger partial charge is 0.396 e. The topological polar surface area (TPSA) is 37.2 Å². The summed E-state index contributed by atoms with van der Waals surface area (Å²) in [6.07, 6.45) is 5.64. The average molecular weight is 272 g/mol. The summed E-state index contributed by atoms with van der Waals surface area (Å²) in [4.78, 5) is 0. The minimum atomic E-state index is 0.248. The Hall–Kier alpha value is -1.32. The van der Waals surface area contributed by atoms with Gasteiger partial charge in [-0.05, 0) is 50.3 Å². The third kappa shape index (κ3) is 2.74. The highest BCUT2D eigenvalue weighted by Gasteiger charge is 2.23. The number of benzene rings is 1. The SMILES string of the molecule is Cc1cn(CCCO)c2cc(C(C)NC3CC3)ccc12. The Kier molecular flexibility index (Phi) is 3.81. The van der Waals surface area contributed by atoms with E-state index in [2.05, 4.69) is 48.1 Å². The fourth-order valence-electron chi connectivity index (χ4n) is 2.89. The van der Waals surface area contributed by atoms with Gasteiger partial charge in [0.1, 0.15) is 0 Å². The highest BCUT2D eigenvalue weighted by atomic mass is 16.3. The second-order valence-electron chi connectivity index (χ2n) is 6.02. The van der Waals surface area contributed by atoms with Crippen LogP contribution in [0.25, 0.3) is 10.9 Å². The van der Waals surface area contributed by atoms with Gasteiger partial charge in [-0.1, -0.05) is 12.1 Å². The highest BCUT2D eigenvalue weighted by Crippen LogP contribution is 2.28. The van der Waals surface area contributed by atoms with Crippen LogP contribution in [0.5, 0.6) is 0 Å². The van der Waals surface area contributed by atoms with Crippen molar-refractivity contribution in [3.8, 4) is 0 Å². The monoisotopic (exact) mass is 272 g/mol. The van der Waals surface area contributed by atoms with Gasteiger partial charge in [0, 0.05) is 42.3 Å². The van der Waals surface area contributed by atoms with Gasteiger partial charge in [-0.25, -0.2) is 0 Å². The third-order valence-electron chi connectivity index (χ3n) is 4.23. The predicted octanol–water partition coefficient (Wildman–Crippen LogP) is 3.15. The number of hydrogen-bond acceptors (Lipinski definition) is 2. The molecule has 1 aromatic heterocycles. The second-order valence-corrected chi connectivity index (χ2v) is 6.02. The van der Waals surface area contributed by atoms with Gasteiger partial charge in [-0.2, -0.15) is 0 Å². The Morgan fingerprint density at radius 3 is 2.90 bits per heavy atom. The standard InChI is InChI=1S/C17H24N2O/c1-12-11-19(8-3-9-20)17-10-14(4-7-16(12)17)13(2)18-15-5-6-15/h4,7,10-11,13,15,18,20H,3,5-6,8-9H2,1-2H3. The molecule has 1 heterocycles. The van der Waals surface area contributed by atoms with E-state index in [1.54, 1.807) is 0 Å². The molecule has 0 spiro atoms. The molecule has 1 saturated carbocycles. The van der Waals surface area contributed by atoms with Crippen LogP contribution in [0.4, 0.5) is 0 Å². The van der Waals surface area contributed by atoms with Crippen molar-refractivity contribution in [3.05, 3.63) is 35.5 Å². The van der Waals surface area contributed by atoms with Gasteiger partial charge in [0.25, 0.3) is 0 Å². The van der Waals surface area contributed by atoms with Gasteiger partial charge in [-0.3, -0.25) is 0 Å². The molecule has 1 unspecified atom stereocenters. The van der Waals surface area contributed by atoms with E-state index >= 15 is 0 Å². The lowest BCUT2D eigenvalue weighted by molar-refractivity contribution is 0.280. The smallest absolute Gasteiger partial charge is 0.0486 e. The third-order valence-corrected chi connectivity index (χ3v) is 4.23. The molecule has 1 atom stereocenters. The molecule has 1 fully saturated rings. The van der Waals surface area contributed by atoms with Crippen molar-refractivity contribution < 1.29 is 5.11 Å². The number of nitrogens with one attached hydrogen (secondary N) is 1. The Balaban J connectivity index is 1.90. The average Bonchev–Trinajstić information content (AvgIpc) is 3.20. The normalized spacial score (nSPS) is 16.8. The van der Waals surface area contributed by atoms with Crippen molar-refractivity contribution in [3.63, 3.8) is 0 Å². The fraction of sp³-hybridized carbons (Fsp3) is 0.529. The summed E-state index contributed by atoms with van der Waals surface area (Å²) in [5.41, 5.74) is 3.96. The minimum Gasteiger partial charge on any atom is -0.396 e. The summed E-state index contributed by atoms with van der Waals surface area (Å²) < 4.78 is 2.27. The van der Waals surface area contributed by atoms with Crippen molar-refractivity contribution in [2.45, 2.75) is 51.7 Å². The van der Waals surface area contributed by atoms with Crippen molar-refractivity contribution in [1.82, 2.24) is 9.88 Å². The molecule has 1 aliphatic carbocycles. The molecule has 2 N–H and O–H groups in total. The number of aliphatic hydroxyl groups excluding tert-OH is 1. The van der Waals surface area contributed by atoms with Crippen molar-refractivity contribution in [1.29, 1.82) is 0 Å². The summed E-state index contributed by atoms with van der Waals surface area (Å²) in [7, 11) is 0. The van der Waals surface area contributed by atoms with Crippen molar-refractivity contribution in [2.75, 3.05) is 6.61 Å². The molecule has 0 saturated heterocycles. The summed E-state index contributed by atoms with van der Waals surface area (Å²) in [6.45, 7) is 5.53. The molecule has 2 aromatic rings. The van der Waals surface area contributed by atoms with E-state index in [0.717, 1.165) is 19.0 Å². The van der Waals surface area contributed by atoms with Gasteiger partial charge in [0.05, 0.1) is 0 Å². The summed E-state index contributed by atoms with van der Waals surface area (Å²) >= 11 is 0. The summed E-state index contributed by atoms with van der Waals surface area (Å²) in [6, 6.07) is 7.92. The Morgan fingerprint density at radius 2 is 2.20 bits per heavy atom. The lowest BCUT2D eigenvalue weighted by atomic mass is 10.1. The molecule has 3 nitrogen and oxygen atoms in total. The van der Waals surface area contributed by atoms with Crippen LogP contribution < -0.4 is 5.32 Å². The number of aliphatic hydroxyl groups is 1. The summed E-state index contributed by atoms with van der Waals surface area (Å²) in [5.74, 6) is 0. The van der Waals surface area contributed by atoms with E-state index in [4.69, 9.17) is 5.11 Å². The van der Waals surface area contributed by atoms with E-state index in [1.807, 2.05) is 0 Å². The van der Waals surface area contributed by atoms with Gasteiger partial charge in [0.15, 0.2) is 0 Å². The van der Waals surface area contributed by atoms with Crippen LogP contribution in [-0.2, 0) is 6.54 Å². The quantitative estimate of drug-likeness (QED) is 0.847. The zero-order chi connectivity index (χ0) is 14.1. The zero-order valence-corrected chi connectivity index (χ0v) is 12.4. The number of fused-ring (bicyclic) bond motifs is 1. The number of hydrogen-bond donors (Lipinski definition) is 2. The summed E-state index contributed by atoms with van der Waals surface area (Å²) in [5, 5.41) is 14.0. The molecule has 3 rings (SSSR count). The molecule has 0 bridgehead atoms. The highest BCUT2D eigenvalue weighted by molar-refractivity contribution is 5.84. The van der Waals surface area contributed by atoms with Crippen LogP contribution in [-0.4, -0.2) is 22.3 Å². The van der Waals surface area contributed by atoms with Crippen LogP contribution in [0.1, 0.15) is 43.4 Å². The molecular formula is C17H24N2O. The molecule has 1 aliphatic rings. The van der Waals surface area contributed by atoms with E-state index < -0.39 is 0 Å².